The molecule has 0 aliphatic carbocycles. The molecule has 1 aliphatic rings. The second kappa shape index (κ2) is 5.76. The Hall–Kier alpha value is -2.03. The first-order valence-corrected chi connectivity index (χ1v) is 6.37. The largest absolute Gasteiger partial charge is 0.334 e. The SMILES string of the molecule is O=[N+]([O-])C(=C1Nc2ccc([N+](=O)[O-])cc2N1)C(Cl)=C(Cl)Cl. The lowest BCUT2D eigenvalue weighted by molar-refractivity contribution is -0.420. The molecule has 8 nitrogen and oxygen atoms in total. The van der Waals surface area contributed by atoms with Crippen molar-refractivity contribution in [3.05, 3.63) is 59.5 Å². The molecule has 0 saturated heterocycles. The summed E-state index contributed by atoms with van der Waals surface area (Å²) in [5.41, 5.74) is -0.0155. The molecule has 0 unspecified atom stereocenters. The molecule has 1 heterocycles. The van der Waals surface area contributed by atoms with Gasteiger partial charge in [0.15, 0.2) is 10.9 Å². The first kappa shape index (κ1) is 15.4. The molecule has 0 saturated carbocycles. The van der Waals surface area contributed by atoms with E-state index in [9.17, 15) is 20.2 Å². The van der Waals surface area contributed by atoms with Crippen LogP contribution in [0.25, 0.3) is 0 Å². The second-order valence-corrected chi connectivity index (χ2v) is 5.12. The summed E-state index contributed by atoms with van der Waals surface area (Å²) in [4.78, 5) is 20.4. The van der Waals surface area contributed by atoms with E-state index in [0.717, 1.165) is 0 Å². The molecule has 1 aromatic carbocycles. The lowest BCUT2D eigenvalue weighted by Gasteiger charge is -2.03. The van der Waals surface area contributed by atoms with Gasteiger partial charge in [0.25, 0.3) is 5.69 Å². The molecular formula is C10H5Cl3N4O4. The molecule has 1 aliphatic heterocycles. The number of allylic oxidation sites excluding steroid dienone is 1. The van der Waals surface area contributed by atoms with Gasteiger partial charge in [0.05, 0.1) is 21.2 Å². The minimum absolute atomic E-state index is 0.0840. The minimum atomic E-state index is -0.775. The van der Waals surface area contributed by atoms with Gasteiger partial charge in [-0.25, -0.2) is 0 Å². The number of hydrogen-bond donors (Lipinski definition) is 2. The number of hydrogen-bond acceptors (Lipinski definition) is 6. The lowest BCUT2D eigenvalue weighted by Crippen LogP contribution is -2.11. The van der Waals surface area contributed by atoms with Crippen LogP contribution in [0.1, 0.15) is 0 Å². The van der Waals surface area contributed by atoms with E-state index >= 15 is 0 Å². The standard InChI is InChI=1S/C10H5Cl3N4O4/c11-7(9(12)13)8(17(20)21)10-14-5-2-1-4(16(18)19)3-6(5)15-10/h1-3,14-15H. The summed E-state index contributed by atoms with van der Waals surface area (Å²) in [5, 5.41) is 26.6. The van der Waals surface area contributed by atoms with E-state index in [1.807, 2.05) is 0 Å². The first-order valence-electron chi connectivity index (χ1n) is 5.23. The monoisotopic (exact) mass is 350 g/mol. The van der Waals surface area contributed by atoms with Crippen LogP contribution in [-0.4, -0.2) is 9.85 Å². The van der Waals surface area contributed by atoms with Gasteiger partial charge < -0.3 is 10.6 Å². The summed E-state index contributed by atoms with van der Waals surface area (Å²) in [7, 11) is 0. The van der Waals surface area contributed by atoms with E-state index in [4.69, 9.17) is 34.8 Å². The highest BCUT2D eigenvalue weighted by Crippen LogP contribution is 2.37. The van der Waals surface area contributed by atoms with Crippen molar-refractivity contribution in [2.45, 2.75) is 0 Å². The van der Waals surface area contributed by atoms with Gasteiger partial charge in [-0.2, -0.15) is 0 Å². The zero-order valence-corrected chi connectivity index (χ0v) is 12.2. The van der Waals surface area contributed by atoms with Crippen LogP contribution in [-0.2, 0) is 0 Å². The van der Waals surface area contributed by atoms with E-state index in [2.05, 4.69) is 10.6 Å². The molecular weight excluding hydrogens is 346 g/mol. The van der Waals surface area contributed by atoms with Gasteiger partial charge in [-0.05, 0) is 6.07 Å². The lowest BCUT2D eigenvalue weighted by atomic mass is 10.2. The molecule has 1 aromatic rings. The third-order valence-corrected chi connectivity index (χ3v) is 3.47. The Balaban J connectivity index is 2.49. The van der Waals surface area contributed by atoms with Gasteiger partial charge in [0.1, 0.15) is 4.49 Å². The average molecular weight is 352 g/mol. The molecule has 0 aromatic heterocycles. The number of fused-ring (bicyclic) bond motifs is 1. The van der Waals surface area contributed by atoms with Crippen LogP contribution < -0.4 is 10.6 Å². The highest BCUT2D eigenvalue weighted by molar-refractivity contribution is 6.59. The van der Waals surface area contributed by atoms with Crippen LogP contribution in [0, 0.1) is 20.2 Å². The zero-order valence-electron chi connectivity index (χ0n) is 9.89. The van der Waals surface area contributed by atoms with E-state index in [1.165, 1.54) is 18.2 Å². The summed E-state index contributed by atoms with van der Waals surface area (Å²) in [6.07, 6.45) is 0. The van der Waals surface area contributed by atoms with Gasteiger partial charge >= 0.3 is 5.70 Å². The highest BCUT2D eigenvalue weighted by atomic mass is 35.5. The van der Waals surface area contributed by atoms with Crippen LogP contribution in [0.15, 0.2) is 39.2 Å². The van der Waals surface area contributed by atoms with Crippen molar-refractivity contribution in [3.63, 3.8) is 0 Å². The summed E-state index contributed by atoms with van der Waals surface area (Å²) < 4.78 is -0.471. The normalized spacial score (nSPS) is 14.6. The number of nitrogens with zero attached hydrogens (tertiary/aromatic N) is 2. The van der Waals surface area contributed by atoms with E-state index in [-0.39, 0.29) is 11.5 Å². The van der Waals surface area contributed by atoms with E-state index in [0.29, 0.717) is 11.4 Å². The minimum Gasteiger partial charge on any atom is -0.334 e. The third kappa shape index (κ3) is 3.02. The summed E-state index contributed by atoms with van der Waals surface area (Å²) in [6, 6.07) is 3.89. The van der Waals surface area contributed by atoms with Crippen LogP contribution in [0.4, 0.5) is 17.1 Å². The van der Waals surface area contributed by atoms with Crippen molar-refractivity contribution in [3.8, 4) is 0 Å². The fourth-order valence-corrected chi connectivity index (χ4v) is 1.99. The molecule has 0 atom stereocenters. The number of halogens is 3. The fraction of sp³-hybridized carbons (Fsp3) is 0. The number of nitro groups is 2. The number of anilines is 2. The maximum atomic E-state index is 11.1. The number of non-ortho nitro benzene ring substituents is 1. The molecule has 0 bridgehead atoms. The molecule has 0 spiro atoms. The summed E-state index contributed by atoms with van der Waals surface area (Å²) >= 11 is 16.6. The van der Waals surface area contributed by atoms with Gasteiger partial charge in [0.2, 0.25) is 0 Å². The van der Waals surface area contributed by atoms with Crippen LogP contribution in [0.5, 0.6) is 0 Å². The van der Waals surface area contributed by atoms with Crippen molar-refractivity contribution < 1.29 is 9.85 Å². The van der Waals surface area contributed by atoms with Crippen LogP contribution in [0.2, 0.25) is 0 Å². The molecule has 110 valence electrons. The van der Waals surface area contributed by atoms with E-state index < -0.39 is 25.1 Å². The zero-order chi connectivity index (χ0) is 15.7. The summed E-state index contributed by atoms with van der Waals surface area (Å²) in [6.45, 7) is 0. The van der Waals surface area contributed by atoms with Crippen LogP contribution in [0.3, 0.4) is 0 Å². The van der Waals surface area contributed by atoms with Crippen molar-refractivity contribution >= 4 is 51.9 Å². The molecule has 2 rings (SSSR count). The third-order valence-electron chi connectivity index (χ3n) is 2.53. The molecule has 2 N–H and O–H groups in total. The Bertz CT molecular complexity index is 712. The molecule has 0 amide bonds. The fourth-order valence-electron chi connectivity index (χ4n) is 1.65. The van der Waals surface area contributed by atoms with Gasteiger partial charge in [-0.15, -0.1) is 0 Å². The van der Waals surface area contributed by atoms with Gasteiger partial charge in [0, 0.05) is 12.1 Å². The topological polar surface area (TPSA) is 110 Å². The quantitative estimate of drug-likeness (QED) is 0.633. The van der Waals surface area contributed by atoms with Crippen molar-refractivity contribution in [1.29, 1.82) is 0 Å². The Kier molecular flexibility index (Phi) is 4.21. The number of nitrogens with one attached hydrogen (secondary N) is 2. The predicted octanol–water partition coefficient (Wildman–Crippen LogP) is 3.76. The Morgan fingerprint density at radius 1 is 1.05 bits per heavy atom. The Labute approximate surface area is 132 Å². The molecule has 11 heteroatoms. The summed E-state index contributed by atoms with van der Waals surface area (Å²) in [5.74, 6) is -0.0840. The Morgan fingerprint density at radius 3 is 2.19 bits per heavy atom. The first-order chi connectivity index (χ1) is 9.81. The highest BCUT2D eigenvalue weighted by Gasteiger charge is 2.30. The van der Waals surface area contributed by atoms with Gasteiger partial charge in [-0.1, -0.05) is 34.8 Å². The smallest absolute Gasteiger partial charge is 0.330 e. The Morgan fingerprint density at radius 2 is 1.67 bits per heavy atom. The van der Waals surface area contributed by atoms with Gasteiger partial charge in [-0.3, -0.25) is 20.2 Å². The number of rotatable bonds is 3. The predicted molar refractivity (Wildman–Crippen MR) is 78.9 cm³/mol. The number of nitro benzene ring substituents is 1. The van der Waals surface area contributed by atoms with Crippen LogP contribution >= 0.6 is 34.8 Å². The van der Waals surface area contributed by atoms with Crippen molar-refractivity contribution in [2.24, 2.45) is 0 Å². The average Bonchev–Trinajstić information content (AvgIpc) is 2.79. The maximum Gasteiger partial charge on any atom is 0.330 e. The second-order valence-electron chi connectivity index (χ2n) is 3.79. The van der Waals surface area contributed by atoms with Crippen molar-refractivity contribution in [2.75, 3.05) is 10.6 Å². The van der Waals surface area contributed by atoms with Crippen molar-refractivity contribution in [1.82, 2.24) is 0 Å². The molecule has 0 fully saturated rings. The maximum absolute atomic E-state index is 11.1. The van der Waals surface area contributed by atoms with E-state index in [1.54, 1.807) is 0 Å². The molecule has 0 radical (unpaired) electrons. The molecule has 21 heavy (non-hydrogen) atoms. The number of benzene rings is 1.